The number of benzene rings is 1. The molecule has 0 atom stereocenters. The van der Waals surface area contributed by atoms with E-state index in [-0.39, 0.29) is 11.6 Å². The Balaban J connectivity index is 2.53. The fraction of sp³-hybridized carbons (Fsp3) is 0.214. The van der Waals surface area contributed by atoms with Crippen molar-refractivity contribution < 1.29 is 44.3 Å². The van der Waals surface area contributed by atoms with Gasteiger partial charge in [0.2, 0.25) is 0 Å². The molecule has 0 fully saturated rings. The molecule has 0 spiro atoms. The predicted octanol–water partition coefficient (Wildman–Crippen LogP) is 5.68. The Morgan fingerprint density at radius 2 is 1.40 bits per heavy atom. The first kappa shape index (κ1) is 18.9. The molecular formula is C14H6F9NO. The monoisotopic (exact) mass is 375 g/mol. The van der Waals surface area contributed by atoms with Crippen LogP contribution in [-0.4, -0.2) is 11.3 Å². The zero-order chi connectivity index (χ0) is 19.0. The average molecular weight is 375 g/mol. The summed E-state index contributed by atoms with van der Waals surface area (Å²) in [4.78, 5) is 2.94. The van der Waals surface area contributed by atoms with Crippen molar-refractivity contribution in [2.45, 2.75) is 18.7 Å². The topological polar surface area (TPSA) is 22.1 Å². The number of rotatable bonds is 2. The number of alkyl halides is 9. The standard InChI is InChI=1S/C14H6F9NO/c15-12(16,17)9-4-5-10(24-11(9)13(18,19)20)7-2-1-3-8(6-7)25-14(21,22)23/h1-6H. The van der Waals surface area contributed by atoms with Gasteiger partial charge in [-0.15, -0.1) is 13.2 Å². The van der Waals surface area contributed by atoms with Gasteiger partial charge in [0.1, 0.15) is 5.75 Å². The highest BCUT2D eigenvalue weighted by Crippen LogP contribution is 2.40. The lowest BCUT2D eigenvalue weighted by Gasteiger charge is -2.16. The van der Waals surface area contributed by atoms with E-state index < -0.39 is 41.4 Å². The number of aromatic nitrogens is 1. The lowest BCUT2D eigenvalue weighted by Crippen LogP contribution is -2.19. The van der Waals surface area contributed by atoms with Crippen LogP contribution in [0.4, 0.5) is 39.5 Å². The number of pyridine rings is 1. The van der Waals surface area contributed by atoms with Crippen LogP contribution in [-0.2, 0) is 12.4 Å². The van der Waals surface area contributed by atoms with Gasteiger partial charge in [0.25, 0.3) is 0 Å². The lowest BCUT2D eigenvalue weighted by molar-refractivity contribution is -0.274. The minimum atomic E-state index is -5.40. The summed E-state index contributed by atoms with van der Waals surface area (Å²) in [7, 11) is 0. The van der Waals surface area contributed by atoms with E-state index in [9.17, 15) is 39.5 Å². The van der Waals surface area contributed by atoms with Gasteiger partial charge in [-0.1, -0.05) is 12.1 Å². The van der Waals surface area contributed by atoms with E-state index in [4.69, 9.17) is 0 Å². The van der Waals surface area contributed by atoms with Crippen molar-refractivity contribution in [3.05, 3.63) is 47.7 Å². The lowest BCUT2D eigenvalue weighted by atomic mass is 10.1. The van der Waals surface area contributed by atoms with Gasteiger partial charge in [0.05, 0.1) is 11.3 Å². The smallest absolute Gasteiger partial charge is 0.406 e. The zero-order valence-corrected chi connectivity index (χ0v) is 11.7. The Bertz CT molecular complexity index is 762. The molecule has 2 nitrogen and oxygen atoms in total. The van der Waals surface area contributed by atoms with Crippen LogP contribution in [0.5, 0.6) is 5.75 Å². The third kappa shape index (κ3) is 4.77. The summed E-state index contributed by atoms with van der Waals surface area (Å²) >= 11 is 0. The van der Waals surface area contributed by atoms with Crippen LogP contribution >= 0.6 is 0 Å². The molecule has 0 amide bonds. The van der Waals surface area contributed by atoms with E-state index in [2.05, 4.69) is 9.72 Å². The van der Waals surface area contributed by atoms with Crippen LogP contribution in [0, 0.1) is 0 Å². The van der Waals surface area contributed by atoms with Gasteiger partial charge >= 0.3 is 18.7 Å². The Morgan fingerprint density at radius 3 is 1.92 bits per heavy atom. The van der Waals surface area contributed by atoms with E-state index in [0.717, 1.165) is 18.2 Å². The summed E-state index contributed by atoms with van der Waals surface area (Å²) in [6.45, 7) is 0. The first-order chi connectivity index (χ1) is 11.3. The van der Waals surface area contributed by atoms with Crippen LogP contribution in [0.2, 0.25) is 0 Å². The summed E-state index contributed by atoms with van der Waals surface area (Å²) in [6, 6.07) is 4.50. The van der Waals surface area contributed by atoms with Gasteiger partial charge in [0.15, 0.2) is 5.69 Å². The third-order valence-corrected chi connectivity index (χ3v) is 2.83. The molecule has 0 radical (unpaired) electrons. The van der Waals surface area contributed by atoms with Crippen molar-refractivity contribution in [3.63, 3.8) is 0 Å². The van der Waals surface area contributed by atoms with Crippen molar-refractivity contribution in [2.24, 2.45) is 0 Å². The van der Waals surface area contributed by atoms with Crippen molar-refractivity contribution >= 4 is 0 Å². The Kier molecular flexibility index (Phi) is 4.62. The molecule has 1 aromatic heterocycles. The minimum Gasteiger partial charge on any atom is -0.406 e. The van der Waals surface area contributed by atoms with Gasteiger partial charge in [-0.2, -0.15) is 26.3 Å². The molecule has 1 aromatic carbocycles. The Labute approximate surface area is 133 Å². The summed E-state index contributed by atoms with van der Waals surface area (Å²) in [5, 5.41) is 0. The zero-order valence-electron chi connectivity index (χ0n) is 11.7. The molecule has 0 unspecified atom stereocenters. The number of halogens is 9. The predicted molar refractivity (Wildman–Crippen MR) is 66.4 cm³/mol. The summed E-state index contributed by atoms with van der Waals surface area (Å²) in [6.07, 6.45) is -15.7. The maximum absolute atomic E-state index is 12.8. The van der Waals surface area contributed by atoms with Crippen molar-refractivity contribution in [1.29, 1.82) is 0 Å². The first-order valence-corrected chi connectivity index (χ1v) is 6.29. The van der Waals surface area contributed by atoms with E-state index in [1.54, 1.807) is 0 Å². The maximum Gasteiger partial charge on any atom is 0.573 e. The van der Waals surface area contributed by atoms with Crippen molar-refractivity contribution in [3.8, 4) is 17.0 Å². The molecule has 2 aromatic rings. The number of hydrogen-bond donors (Lipinski definition) is 0. The first-order valence-electron chi connectivity index (χ1n) is 6.29. The fourth-order valence-electron chi connectivity index (χ4n) is 1.92. The molecule has 0 aliphatic rings. The number of ether oxygens (including phenoxy) is 1. The van der Waals surface area contributed by atoms with Crippen LogP contribution in [0.15, 0.2) is 36.4 Å². The Hall–Kier alpha value is -2.46. The second kappa shape index (κ2) is 6.12. The minimum absolute atomic E-state index is 0.169. The molecule has 0 aliphatic heterocycles. The highest BCUT2D eigenvalue weighted by Gasteiger charge is 2.44. The molecule has 0 saturated carbocycles. The van der Waals surface area contributed by atoms with Crippen LogP contribution < -0.4 is 4.74 Å². The average Bonchev–Trinajstić information content (AvgIpc) is 2.43. The Morgan fingerprint density at radius 1 is 0.760 bits per heavy atom. The van der Waals surface area contributed by atoms with Crippen LogP contribution in [0.1, 0.15) is 11.3 Å². The van der Waals surface area contributed by atoms with Crippen molar-refractivity contribution in [2.75, 3.05) is 0 Å². The second-order valence-electron chi connectivity index (χ2n) is 4.66. The number of hydrogen-bond acceptors (Lipinski definition) is 2. The number of nitrogens with zero attached hydrogens (tertiary/aromatic N) is 1. The second-order valence-corrected chi connectivity index (χ2v) is 4.66. The summed E-state index contributed by atoms with van der Waals surface area (Å²) in [5.41, 5.74) is -5.04. The van der Waals surface area contributed by atoms with E-state index >= 15 is 0 Å². The molecule has 0 N–H and O–H groups in total. The molecule has 11 heteroatoms. The molecule has 0 bridgehead atoms. The highest BCUT2D eigenvalue weighted by atomic mass is 19.4. The van der Waals surface area contributed by atoms with Gasteiger partial charge in [-0.25, -0.2) is 4.98 Å². The maximum atomic E-state index is 12.8. The molecule has 25 heavy (non-hydrogen) atoms. The van der Waals surface area contributed by atoms with Crippen molar-refractivity contribution in [1.82, 2.24) is 4.98 Å². The SMILES string of the molecule is FC(F)(F)Oc1cccc(-c2ccc(C(F)(F)F)c(C(F)(F)F)n2)c1. The van der Waals surface area contributed by atoms with E-state index in [1.165, 1.54) is 0 Å². The third-order valence-electron chi connectivity index (χ3n) is 2.83. The normalized spacial score (nSPS) is 13.0. The summed E-state index contributed by atoms with van der Waals surface area (Å²) < 4.78 is 117. The molecule has 1 heterocycles. The van der Waals surface area contributed by atoms with E-state index in [1.807, 2.05) is 0 Å². The van der Waals surface area contributed by atoms with E-state index in [0.29, 0.717) is 12.1 Å². The molecule has 0 aliphatic carbocycles. The molecule has 136 valence electrons. The highest BCUT2D eigenvalue weighted by molar-refractivity contribution is 5.62. The van der Waals surface area contributed by atoms with Gasteiger partial charge < -0.3 is 4.74 Å². The van der Waals surface area contributed by atoms with Gasteiger partial charge in [-0.3, -0.25) is 0 Å². The molecule has 2 rings (SSSR count). The molecule has 0 saturated heterocycles. The van der Waals surface area contributed by atoms with Crippen LogP contribution in [0.25, 0.3) is 11.3 Å². The van der Waals surface area contributed by atoms with Gasteiger partial charge in [0, 0.05) is 5.56 Å². The van der Waals surface area contributed by atoms with Gasteiger partial charge in [-0.05, 0) is 24.3 Å². The quantitative estimate of drug-likeness (QED) is 0.630. The largest absolute Gasteiger partial charge is 0.573 e. The fourth-order valence-corrected chi connectivity index (χ4v) is 1.92. The molecular weight excluding hydrogens is 369 g/mol. The summed E-state index contributed by atoms with van der Waals surface area (Å²) in [5.74, 6) is -0.750. The van der Waals surface area contributed by atoms with Crippen LogP contribution in [0.3, 0.4) is 0 Å².